The molecule has 1 saturated heterocycles. The van der Waals surface area contributed by atoms with E-state index in [4.69, 9.17) is 10.5 Å². The number of ether oxygens (including phenoxy) is 1. The van der Waals surface area contributed by atoms with Crippen molar-refractivity contribution in [3.05, 3.63) is 89.7 Å². The van der Waals surface area contributed by atoms with E-state index < -0.39 is 0 Å². The summed E-state index contributed by atoms with van der Waals surface area (Å²) in [5.41, 5.74) is 9.73. The molecule has 3 atom stereocenters. The van der Waals surface area contributed by atoms with Gasteiger partial charge in [0.2, 0.25) is 5.91 Å². The van der Waals surface area contributed by atoms with E-state index in [1.807, 2.05) is 41.3 Å². The topological polar surface area (TPSA) is 97.5 Å². The highest BCUT2D eigenvalue weighted by Crippen LogP contribution is 2.37. The van der Waals surface area contributed by atoms with Gasteiger partial charge >= 0.3 is 0 Å². The van der Waals surface area contributed by atoms with Crippen LogP contribution in [-0.2, 0) is 4.79 Å². The van der Waals surface area contributed by atoms with Crippen LogP contribution in [0.5, 0.6) is 5.75 Å². The summed E-state index contributed by atoms with van der Waals surface area (Å²) in [7, 11) is 0. The molecule has 0 unspecified atom stereocenters. The number of para-hydroxylation sites is 1. The van der Waals surface area contributed by atoms with E-state index in [0.717, 1.165) is 29.7 Å². The summed E-state index contributed by atoms with van der Waals surface area (Å²) in [4.78, 5) is 31.8. The van der Waals surface area contributed by atoms with Crippen molar-refractivity contribution >= 4 is 17.5 Å². The van der Waals surface area contributed by atoms with Crippen LogP contribution in [0.3, 0.4) is 0 Å². The van der Waals surface area contributed by atoms with E-state index in [1.165, 1.54) is 0 Å². The molecule has 1 fully saturated rings. The molecule has 2 aliphatic heterocycles. The van der Waals surface area contributed by atoms with Crippen molar-refractivity contribution < 1.29 is 14.3 Å². The van der Waals surface area contributed by atoms with Crippen LogP contribution in [-0.4, -0.2) is 40.9 Å². The van der Waals surface area contributed by atoms with Gasteiger partial charge in [0.15, 0.2) is 0 Å². The standard InChI is InChI=1S/C26H26N4O3/c27-24(17-7-9-18(10-8-17)25(31)29-19-11-13-28-14-12-19)22-5-3-15-30(22)26(32)21-16-33-23-6-2-1-4-20(21)23/h1-2,4,6-14,21-22,24H,3,5,15-16,27H2,(H,28,29,31)/t21-,22-,24+/m1/s1. The maximum Gasteiger partial charge on any atom is 0.255 e. The van der Waals surface area contributed by atoms with Gasteiger partial charge in [-0.2, -0.15) is 0 Å². The molecule has 7 nitrogen and oxygen atoms in total. The minimum atomic E-state index is -0.327. The van der Waals surface area contributed by atoms with Gasteiger partial charge in [0.1, 0.15) is 18.3 Å². The lowest BCUT2D eigenvalue weighted by Crippen LogP contribution is -2.44. The zero-order valence-electron chi connectivity index (χ0n) is 18.2. The lowest BCUT2D eigenvalue weighted by molar-refractivity contribution is -0.134. The van der Waals surface area contributed by atoms with Crippen molar-refractivity contribution in [2.75, 3.05) is 18.5 Å². The number of carbonyl (C=O) groups is 2. The summed E-state index contributed by atoms with van der Waals surface area (Å²) in [6.45, 7) is 1.07. The average Bonchev–Trinajstić information content (AvgIpc) is 3.52. The summed E-state index contributed by atoms with van der Waals surface area (Å²) < 4.78 is 5.73. The molecule has 0 aliphatic carbocycles. The van der Waals surface area contributed by atoms with Gasteiger partial charge in [-0.3, -0.25) is 14.6 Å². The Labute approximate surface area is 192 Å². The SMILES string of the molecule is N[C@@H](c1ccc(C(=O)Nc2ccncc2)cc1)[C@H]1CCCN1C(=O)[C@@H]1COc2ccccc21. The third-order valence-corrected chi connectivity index (χ3v) is 6.49. The van der Waals surface area contributed by atoms with Crippen LogP contribution in [0.25, 0.3) is 0 Å². The van der Waals surface area contributed by atoms with E-state index in [0.29, 0.717) is 24.4 Å². The summed E-state index contributed by atoms with van der Waals surface area (Å²) in [6, 6.07) is 18.1. The van der Waals surface area contributed by atoms with Crippen molar-refractivity contribution in [3.8, 4) is 5.75 Å². The lowest BCUT2D eigenvalue weighted by Gasteiger charge is -2.31. The van der Waals surface area contributed by atoms with Crippen LogP contribution in [0.15, 0.2) is 73.1 Å². The number of hydrogen-bond acceptors (Lipinski definition) is 5. The number of likely N-dealkylation sites (tertiary alicyclic amines) is 1. The number of anilines is 1. The Kier molecular flexibility index (Phi) is 5.79. The fourth-order valence-electron chi connectivity index (χ4n) is 4.72. The number of benzene rings is 2. The number of hydrogen-bond donors (Lipinski definition) is 2. The van der Waals surface area contributed by atoms with Gasteiger partial charge in [-0.15, -0.1) is 0 Å². The zero-order valence-corrected chi connectivity index (χ0v) is 18.2. The lowest BCUT2D eigenvalue weighted by atomic mass is 9.95. The van der Waals surface area contributed by atoms with Crippen LogP contribution in [0, 0.1) is 0 Å². The Bertz CT molecular complexity index is 1150. The summed E-state index contributed by atoms with van der Waals surface area (Å²) in [5, 5.41) is 2.85. The van der Waals surface area contributed by atoms with E-state index in [1.54, 1.807) is 36.7 Å². The van der Waals surface area contributed by atoms with Gasteiger partial charge in [-0.05, 0) is 48.7 Å². The molecule has 3 heterocycles. The first-order valence-electron chi connectivity index (χ1n) is 11.2. The van der Waals surface area contributed by atoms with Crippen LogP contribution in [0.2, 0.25) is 0 Å². The first kappa shape index (κ1) is 21.2. The molecular formula is C26H26N4O3. The van der Waals surface area contributed by atoms with E-state index in [-0.39, 0.29) is 29.8 Å². The quantitative estimate of drug-likeness (QED) is 0.630. The third kappa shape index (κ3) is 4.19. The predicted molar refractivity (Wildman–Crippen MR) is 125 cm³/mol. The monoisotopic (exact) mass is 442 g/mol. The number of nitrogens with two attached hydrogens (primary N) is 1. The number of carbonyl (C=O) groups excluding carboxylic acids is 2. The van der Waals surface area contributed by atoms with Crippen molar-refractivity contribution in [2.45, 2.75) is 30.8 Å². The maximum atomic E-state index is 13.4. The minimum Gasteiger partial charge on any atom is -0.492 e. The second kappa shape index (κ2) is 9.03. The van der Waals surface area contributed by atoms with E-state index >= 15 is 0 Å². The predicted octanol–water partition coefficient (Wildman–Crippen LogP) is 3.50. The molecule has 2 amide bonds. The van der Waals surface area contributed by atoms with E-state index in [2.05, 4.69) is 10.3 Å². The fourth-order valence-corrected chi connectivity index (χ4v) is 4.72. The average molecular weight is 443 g/mol. The van der Waals surface area contributed by atoms with Gasteiger partial charge in [0.05, 0.1) is 12.1 Å². The first-order chi connectivity index (χ1) is 16.1. The molecule has 0 saturated carbocycles. The first-order valence-corrected chi connectivity index (χ1v) is 11.2. The number of nitrogens with zero attached hydrogens (tertiary/aromatic N) is 2. The minimum absolute atomic E-state index is 0.0752. The van der Waals surface area contributed by atoms with Crippen LogP contribution >= 0.6 is 0 Å². The van der Waals surface area contributed by atoms with Crippen molar-refractivity contribution in [1.82, 2.24) is 9.88 Å². The smallest absolute Gasteiger partial charge is 0.255 e. The molecule has 2 aliphatic rings. The highest BCUT2D eigenvalue weighted by atomic mass is 16.5. The van der Waals surface area contributed by atoms with E-state index in [9.17, 15) is 9.59 Å². The van der Waals surface area contributed by atoms with Crippen LogP contribution < -0.4 is 15.8 Å². The van der Waals surface area contributed by atoms with Gasteiger partial charge < -0.3 is 20.7 Å². The molecule has 1 aromatic heterocycles. The number of aromatic nitrogens is 1. The molecule has 168 valence electrons. The number of fused-ring (bicyclic) bond motifs is 1. The number of rotatable bonds is 5. The number of nitrogens with one attached hydrogen (secondary N) is 1. The van der Waals surface area contributed by atoms with Crippen molar-refractivity contribution in [1.29, 1.82) is 0 Å². The second-order valence-corrected chi connectivity index (χ2v) is 8.48. The Hall–Kier alpha value is -3.71. The Balaban J connectivity index is 1.28. The zero-order chi connectivity index (χ0) is 22.8. The van der Waals surface area contributed by atoms with Crippen LogP contribution in [0.4, 0.5) is 5.69 Å². The molecule has 0 spiro atoms. The number of amides is 2. The molecular weight excluding hydrogens is 416 g/mol. The normalized spacial score (nSPS) is 20.1. The second-order valence-electron chi connectivity index (χ2n) is 8.48. The van der Waals surface area contributed by atoms with Crippen LogP contribution in [0.1, 0.15) is 46.3 Å². The van der Waals surface area contributed by atoms with Gasteiger partial charge in [-0.25, -0.2) is 0 Å². The highest BCUT2D eigenvalue weighted by Gasteiger charge is 2.40. The summed E-state index contributed by atoms with van der Waals surface area (Å²) in [5.74, 6) is 0.384. The molecule has 7 heteroatoms. The highest BCUT2D eigenvalue weighted by molar-refractivity contribution is 6.04. The van der Waals surface area contributed by atoms with Gasteiger partial charge in [0.25, 0.3) is 5.91 Å². The fraction of sp³-hybridized carbons (Fsp3) is 0.269. The number of pyridine rings is 1. The summed E-state index contributed by atoms with van der Waals surface area (Å²) >= 11 is 0. The van der Waals surface area contributed by atoms with Crippen molar-refractivity contribution in [2.24, 2.45) is 5.73 Å². The molecule has 2 aromatic carbocycles. The van der Waals surface area contributed by atoms with Gasteiger partial charge in [0, 0.05) is 35.8 Å². The Morgan fingerprint density at radius 1 is 1.06 bits per heavy atom. The molecule has 3 N–H and O–H groups in total. The Morgan fingerprint density at radius 2 is 1.82 bits per heavy atom. The molecule has 0 radical (unpaired) electrons. The third-order valence-electron chi connectivity index (χ3n) is 6.49. The maximum absolute atomic E-state index is 13.4. The molecule has 5 rings (SSSR count). The molecule has 0 bridgehead atoms. The van der Waals surface area contributed by atoms with Crippen molar-refractivity contribution in [3.63, 3.8) is 0 Å². The molecule has 33 heavy (non-hydrogen) atoms. The molecule has 3 aromatic rings. The summed E-state index contributed by atoms with van der Waals surface area (Å²) in [6.07, 6.45) is 5.03. The Morgan fingerprint density at radius 3 is 2.61 bits per heavy atom. The van der Waals surface area contributed by atoms with Gasteiger partial charge in [-0.1, -0.05) is 30.3 Å². The largest absolute Gasteiger partial charge is 0.492 e.